The highest BCUT2D eigenvalue weighted by Crippen LogP contribution is 2.30. The molecule has 0 aliphatic carbocycles. The van der Waals surface area contributed by atoms with Crippen molar-refractivity contribution in [3.8, 4) is 11.5 Å². The van der Waals surface area contributed by atoms with Crippen molar-refractivity contribution in [2.45, 2.75) is 51.7 Å². The standard InChI is InChI=1S/C16H25NO4/c1-4-6-14(16(18)19)21-15-10-11(9-12(17)5-2)7-8-13(15)20-3/h7-8,10,12,14H,4-6,9,17H2,1-3H3,(H,18,19). The first-order valence-corrected chi connectivity index (χ1v) is 7.33. The number of hydrogen-bond acceptors (Lipinski definition) is 4. The van der Waals surface area contributed by atoms with E-state index in [4.69, 9.17) is 15.2 Å². The molecule has 1 aromatic carbocycles. The Balaban J connectivity index is 2.96. The summed E-state index contributed by atoms with van der Waals surface area (Å²) in [6.45, 7) is 3.96. The first kappa shape index (κ1) is 17.3. The Morgan fingerprint density at radius 3 is 2.57 bits per heavy atom. The molecule has 0 saturated carbocycles. The average molecular weight is 295 g/mol. The first-order valence-electron chi connectivity index (χ1n) is 7.33. The number of rotatable bonds is 9. The summed E-state index contributed by atoms with van der Waals surface area (Å²) in [4.78, 5) is 11.2. The molecule has 21 heavy (non-hydrogen) atoms. The number of carboxylic acids is 1. The molecule has 0 aliphatic rings. The smallest absolute Gasteiger partial charge is 0.344 e. The molecular weight excluding hydrogens is 270 g/mol. The maximum Gasteiger partial charge on any atom is 0.344 e. The van der Waals surface area contributed by atoms with Gasteiger partial charge in [-0.2, -0.15) is 0 Å². The molecule has 0 fully saturated rings. The van der Waals surface area contributed by atoms with Crippen LogP contribution in [0, 0.1) is 0 Å². The fourth-order valence-corrected chi connectivity index (χ4v) is 2.04. The van der Waals surface area contributed by atoms with Gasteiger partial charge in [-0.15, -0.1) is 0 Å². The molecule has 1 aromatic rings. The molecule has 3 N–H and O–H groups in total. The van der Waals surface area contributed by atoms with Crippen LogP contribution < -0.4 is 15.2 Å². The summed E-state index contributed by atoms with van der Waals surface area (Å²) in [5, 5.41) is 9.20. The van der Waals surface area contributed by atoms with E-state index < -0.39 is 12.1 Å². The van der Waals surface area contributed by atoms with Gasteiger partial charge in [0.2, 0.25) is 0 Å². The van der Waals surface area contributed by atoms with Crippen molar-refractivity contribution in [3.05, 3.63) is 23.8 Å². The second-order valence-corrected chi connectivity index (χ2v) is 5.09. The van der Waals surface area contributed by atoms with Crippen molar-refractivity contribution >= 4 is 5.97 Å². The van der Waals surface area contributed by atoms with E-state index in [1.165, 1.54) is 7.11 Å². The lowest BCUT2D eigenvalue weighted by molar-refractivity contribution is -0.145. The van der Waals surface area contributed by atoms with E-state index in [9.17, 15) is 9.90 Å². The molecule has 0 radical (unpaired) electrons. The summed E-state index contributed by atoms with van der Waals surface area (Å²) in [5.41, 5.74) is 6.97. The number of carbonyl (C=O) groups is 1. The number of aliphatic carboxylic acids is 1. The number of methoxy groups -OCH3 is 1. The van der Waals surface area contributed by atoms with Gasteiger partial charge >= 0.3 is 5.97 Å². The van der Waals surface area contributed by atoms with E-state index in [0.29, 0.717) is 17.9 Å². The Bertz CT molecular complexity index is 462. The Labute approximate surface area is 126 Å². The molecule has 118 valence electrons. The van der Waals surface area contributed by atoms with E-state index in [1.807, 2.05) is 26.0 Å². The van der Waals surface area contributed by atoms with Crippen LogP contribution >= 0.6 is 0 Å². The van der Waals surface area contributed by atoms with Gasteiger partial charge in [0.15, 0.2) is 17.6 Å². The summed E-state index contributed by atoms with van der Waals surface area (Å²) in [6, 6.07) is 5.62. The van der Waals surface area contributed by atoms with Gasteiger partial charge in [0.05, 0.1) is 7.11 Å². The minimum Gasteiger partial charge on any atom is -0.493 e. The minimum absolute atomic E-state index is 0.0807. The van der Waals surface area contributed by atoms with E-state index in [1.54, 1.807) is 6.07 Å². The Morgan fingerprint density at radius 1 is 1.33 bits per heavy atom. The lowest BCUT2D eigenvalue weighted by Gasteiger charge is -2.18. The summed E-state index contributed by atoms with van der Waals surface area (Å²) in [5.74, 6) is 0.0277. The van der Waals surface area contributed by atoms with Crippen molar-refractivity contribution in [1.82, 2.24) is 0 Å². The molecular formula is C16H25NO4. The van der Waals surface area contributed by atoms with Crippen LogP contribution in [0.3, 0.4) is 0 Å². The highest BCUT2D eigenvalue weighted by molar-refractivity contribution is 5.72. The highest BCUT2D eigenvalue weighted by atomic mass is 16.5. The second kappa shape index (κ2) is 8.52. The molecule has 0 heterocycles. The van der Waals surface area contributed by atoms with Gasteiger partial charge in [-0.05, 0) is 37.0 Å². The molecule has 5 heteroatoms. The van der Waals surface area contributed by atoms with Gasteiger partial charge in [-0.3, -0.25) is 0 Å². The number of carboxylic acid groups (broad SMARTS) is 1. The third kappa shape index (κ3) is 5.27. The molecule has 0 spiro atoms. The molecule has 0 aliphatic heterocycles. The number of hydrogen-bond donors (Lipinski definition) is 2. The van der Waals surface area contributed by atoms with Crippen molar-refractivity contribution in [2.75, 3.05) is 7.11 Å². The second-order valence-electron chi connectivity index (χ2n) is 5.09. The van der Waals surface area contributed by atoms with Crippen LogP contribution in [0.5, 0.6) is 11.5 Å². The molecule has 1 rings (SSSR count). The topological polar surface area (TPSA) is 81.8 Å². The monoisotopic (exact) mass is 295 g/mol. The lowest BCUT2D eigenvalue weighted by atomic mass is 10.0. The molecule has 2 atom stereocenters. The van der Waals surface area contributed by atoms with Crippen LogP contribution in [-0.4, -0.2) is 30.3 Å². The van der Waals surface area contributed by atoms with Gasteiger partial charge < -0.3 is 20.3 Å². The van der Waals surface area contributed by atoms with Crippen LogP contribution in [0.25, 0.3) is 0 Å². The molecule has 0 saturated heterocycles. The number of benzene rings is 1. The molecule has 0 amide bonds. The van der Waals surface area contributed by atoms with Gasteiger partial charge in [-0.1, -0.05) is 26.3 Å². The zero-order chi connectivity index (χ0) is 15.8. The third-order valence-electron chi connectivity index (χ3n) is 3.35. The van der Waals surface area contributed by atoms with Gasteiger partial charge in [0, 0.05) is 6.04 Å². The molecule has 0 aromatic heterocycles. The van der Waals surface area contributed by atoms with Crippen molar-refractivity contribution in [3.63, 3.8) is 0 Å². The maximum absolute atomic E-state index is 11.2. The zero-order valence-corrected chi connectivity index (χ0v) is 13.0. The summed E-state index contributed by atoms with van der Waals surface area (Å²) >= 11 is 0. The SMILES string of the molecule is CCCC(Oc1cc(CC(N)CC)ccc1OC)C(=O)O. The fraction of sp³-hybridized carbons (Fsp3) is 0.562. The normalized spacial score (nSPS) is 13.5. The zero-order valence-electron chi connectivity index (χ0n) is 13.0. The van der Waals surface area contributed by atoms with Crippen LogP contribution in [0.1, 0.15) is 38.7 Å². The van der Waals surface area contributed by atoms with Crippen LogP contribution in [-0.2, 0) is 11.2 Å². The summed E-state index contributed by atoms with van der Waals surface area (Å²) in [7, 11) is 1.54. The first-order chi connectivity index (χ1) is 10.0. The van der Waals surface area contributed by atoms with E-state index in [2.05, 4.69) is 0 Å². The van der Waals surface area contributed by atoms with Crippen molar-refractivity contribution in [2.24, 2.45) is 5.73 Å². The summed E-state index contributed by atoms with van der Waals surface area (Å²) in [6.07, 6.45) is 1.94. The van der Waals surface area contributed by atoms with Crippen LogP contribution in [0.15, 0.2) is 18.2 Å². The van der Waals surface area contributed by atoms with E-state index in [0.717, 1.165) is 24.8 Å². The number of ether oxygens (including phenoxy) is 2. The quantitative estimate of drug-likeness (QED) is 0.732. The van der Waals surface area contributed by atoms with E-state index in [-0.39, 0.29) is 6.04 Å². The Morgan fingerprint density at radius 2 is 2.05 bits per heavy atom. The van der Waals surface area contributed by atoms with Crippen molar-refractivity contribution < 1.29 is 19.4 Å². The maximum atomic E-state index is 11.2. The van der Waals surface area contributed by atoms with Crippen LogP contribution in [0.4, 0.5) is 0 Å². The summed E-state index contributed by atoms with van der Waals surface area (Å²) < 4.78 is 10.9. The van der Waals surface area contributed by atoms with Crippen LogP contribution in [0.2, 0.25) is 0 Å². The highest BCUT2D eigenvalue weighted by Gasteiger charge is 2.20. The molecule has 2 unspecified atom stereocenters. The largest absolute Gasteiger partial charge is 0.493 e. The van der Waals surface area contributed by atoms with Gasteiger partial charge in [-0.25, -0.2) is 4.79 Å². The lowest BCUT2D eigenvalue weighted by Crippen LogP contribution is -2.27. The molecule has 5 nitrogen and oxygen atoms in total. The van der Waals surface area contributed by atoms with Crippen molar-refractivity contribution in [1.29, 1.82) is 0 Å². The Hall–Kier alpha value is -1.75. The molecule has 0 bridgehead atoms. The van der Waals surface area contributed by atoms with E-state index >= 15 is 0 Å². The predicted octanol–water partition coefficient (Wildman–Crippen LogP) is 2.61. The Kier molecular flexibility index (Phi) is 7.02. The van der Waals surface area contributed by atoms with Gasteiger partial charge in [0.25, 0.3) is 0 Å². The fourth-order valence-electron chi connectivity index (χ4n) is 2.04. The predicted molar refractivity (Wildman–Crippen MR) is 81.9 cm³/mol. The number of nitrogens with two attached hydrogens (primary N) is 1. The van der Waals surface area contributed by atoms with Gasteiger partial charge in [0.1, 0.15) is 0 Å². The third-order valence-corrected chi connectivity index (χ3v) is 3.35. The minimum atomic E-state index is -0.963. The average Bonchev–Trinajstić information content (AvgIpc) is 2.46.